The number of aliphatic hydroxyl groups excluding tert-OH is 2. The van der Waals surface area contributed by atoms with Gasteiger partial charge in [-0.1, -0.05) is 39.0 Å². The molecule has 2 N–H and O–H groups in total. The van der Waals surface area contributed by atoms with E-state index >= 15 is 0 Å². The van der Waals surface area contributed by atoms with Crippen molar-refractivity contribution in [2.45, 2.75) is 91.5 Å². The number of rotatable bonds is 10. The fourth-order valence-corrected chi connectivity index (χ4v) is 4.76. The molecule has 0 amide bonds. The van der Waals surface area contributed by atoms with E-state index in [1.54, 1.807) is 0 Å². The van der Waals surface area contributed by atoms with Crippen molar-refractivity contribution >= 4 is 11.9 Å². The van der Waals surface area contributed by atoms with E-state index in [4.69, 9.17) is 4.74 Å². The molecule has 7 heteroatoms. The molecule has 0 aromatic heterocycles. The first-order chi connectivity index (χ1) is 14.4. The second kappa shape index (κ2) is 13.5. The molecule has 2 aliphatic carbocycles. The Bertz CT molecular complexity index is 701. The molecule has 176 valence electrons. The van der Waals surface area contributed by atoms with Crippen LogP contribution in [0.4, 0.5) is 0 Å². The first kappa shape index (κ1) is 30.4. The molecule has 6 nitrogen and oxygen atoms in total. The van der Waals surface area contributed by atoms with E-state index in [9.17, 15) is 24.9 Å². The Morgan fingerprint density at radius 2 is 1.91 bits per heavy atom. The fraction of sp³-hybridized carbons (Fsp3) is 0.760. The maximum Gasteiger partial charge on any atom is 1.00 e. The topological polar surface area (TPSA) is 107 Å². The van der Waals surface area contributed by atoms with Crippen LogP contribution in [0, 0.1) is 29.1 Å². The number of aliphatic hydroxyl groups is 2. The number of esters is 1. The van der Waals surface area contributed by atoms with Gasteiger partial charge in [0.2, 0.25) is 0 Å². The molecule has 32 heavy (non-hydrogen) atoms. The predicted molar refractivity (Wildman–Crippen MR) is 117 cm³/mol. The second-order valence-corrected chi connectivity index (χ2v) is 10.2. The van der Waals surface area contributed by atoms with Gasteiger partial charge in [0, 0.05) is 18.3 Å². The van der Waals surface area contributed by atoms with Gasteiger partial charge in [-0.3, -0.25) is 4.79 Å². The minimum Gasteiger partial charge on any atom is -0.550 e. The number of carbonyl (C=O) groups is 2. The van der Waals surface area contributed by atoms with E-state index in [1.165, 1.54) is 5.57 Å². The number of allylic oxidation sites excluding steroid dienone is 3. The van der Waals surface area contributed by atoms with Crippen molar-refractivity contribution in [3.05, 3.63) is 23.8 Å². The Morgan fingerprint density at radius 1 is 1.25 bits per heavy atom. The third kappa shape index (κ3) is 8.56. The molecule has 0 fully saturated rings. The Hall–Kier alpha value is 0.392. The van der Waals surface area contributed by atoms with Crippen molar-refractivity contribution in [2.75, 3.05) is 0 Å². The molecule has 0 unspecified atom stereocenters. The third-order valence-electron chi connectivity index (χ3n) is 7.07. The smallest absolute Gasteiger partial charge is 0.550 e. The van der Waals surface area contributed by atoms with Crippen LogP contribution in [0.2, 0.25) is 0 Å². The van der Waals surface area contributed by atoms with Gasteiger partial charge < -0.3 is 24.9 Å². The Balaban J connectivity index is 0.00000512. The molecular formula is C25H39CsO6. The van der Waals surface area contributed by atoms with Crippen LogP contribution in [-0.2, 0) is 14.3 Å². The van der Waals surface area contributed by atoms with Gasteiger partial charge in [0.15, 0.2) is 0 Å². The van der Waals surface area contributed by atoms with Crippen molar-refractivity contribution in [3.63, 3.8) is 0 Å². The summed E-state index contributed by atoms with van der Waals surface area (Å²) in [4.78, 5) is 23.5. The summed E-state index contributed by atoms with van der Waals surface area (Å²) in [6.07, 6.45) is 6.66. The average Bonchev–Trinajstić information content (AvgIpc) is 2.66. The molecule has 0 bridgehead atoms. The summed E-state index contributed by atoms with van der Waals surface area (Å²) >= 11 is 0. The summed E-state index contributed by atoms with van der Waals surface area (Å²) in [5.74, 6) is -0.641. The van der Waals surface area contributed by atoms with Gasteiger partial charge in [0.1, 0.15) is 6.10 Å². The Kier molecular flexibility index (Phi) is 12.8. The average molecular weight is 568 g/mol. The normalized spacial score (nSPS) is 29.2. The van der Waals surface area contributed by atoms with Crippen LogP contribution in [-0.4, -0.2) is 40.5 Å². The molecule has 2 rings (SSSR count). The van der Waals surface area contributed by atoms with Gasteiger partial charge >= 0.3 is 74.9 Å². The van der Waals surface area contributed by atoms with Crippen LogP contribution in [0.3, 0.4) is 0 Å². The number of aliphatic carboxylic acids is 1. The van der Waals surface area contributed by atoms with E-state index in [0.29, 0.717) is 25.2 Å². The van der Waals surface area contributed by atoms with Crippen molar-refractivity contribution in [1.82, 2.24) is 0 Å². The summed E-state index contributed by atoms with van der Waals surface area (Å²) in [6.45, 7) is 10.1. The molecule has 0 saturated heterocycles. The molecule has 7 atom stereocenters. The predicted octanol–water partition coefficient (Wildman–Crippen LogP) is -0.225. The van der Waals surface area contributed by atoms with Crippen molar-refractivity contribution in [2.24, 2.45) is 29.1 Å². The quantitative estimate of drug-likeness (QED) is 0.353. The number of carbonyl (C=O) groups excluding carboxylic acids is 2. The molecule has 0 spiro atoms. The van der Waals surface area contributed by atoms with E-state index in [0.717, 1.165) is 6.42 Å². The van der Waals surface area contributed by atoms with Gasteiger partial charge in [-0.25, -0.2) is 0 Å². The standard InChI is InChI=1S/C25H40O6.Cs/c1-6-25(4,5)24(30)31-21-12-15(2)11-17-8-7-16(3)20(23(17)21)10-9-18(26)13-19(27)14-22(28)29;/h7-8,11,15-16,18-21,23,26-27H,6,9-10,12-14H2,1-5H3,(H,28,29);/q;+1/p-1/t15-,16-,18+,19+,20-,21-,23-;/m0./s1. The SMILES string of the molecule is CCC(C)(C)C(=O)O[C@H]1C[C@@H](C)C=C2C=C[C@H](C)[C@H](CC[C@@H](O)C[C@@H](O)CC(=O)[O-])[C@H]21.[Cs+]. The molecule has 0 aromatic rings. The van der Waals surface area contributed by atoms with Crippen LogP contribution in [0.5, 0.6) is 0 Å². The van der Waals surface area contributed by atoms with Crippen molar-refractivity contribution < 1.29 is 98.5 Å². The van der Waals surface area contributed by atoms with E-state index in [1.807, 2.05) is 20.8 Å². The number of hydrogen-bond acceptors (Lipinski definition) is 6. The van der Waals surface area contributed by atoms with Gasteiger partial charge in [0.05, 0.1) is 17.6 Å². The van der Waals surface area contributed by atoms with Crippen molar-refractivity contribution in [3.8, 4) is 0 Å². The number of fused-ring (bicyclic) bond motifs is 1. The number of carboxylic acid groups (broad SMARTS) is 1. The second-order valence-electron chi connectivity index (χ2n) is 10.2. The van der Waals surface area contributed by atoms with Crippen molar-refractivity contribution in [1.29, 1.82) is 0 Å². The van der Waals surface area contributed by atoms with Crippen LogP contribution in [0.15, 0.2) is 23.8 Å². The maximum atomic E-state index is 12.8. The zero-order chi connectivity index (χ0) is 23.3. The van der Waals surface area contributed by atoms with Crippen LogP contribution < -0.4 is 74.0 Å². The molecule has 2 aliphatic rings. The molecule has 0 aromatic carbocycles. The van der Waals surface area contributed by atoms with Gasteiger partial charge in [-0.05, 0) is 69.3 Å². The summed E-state index contributed by atoms with van der Waals surface area (Å²) in [5.41, 5.74) is 0.669. The Morgan fingerprint density at radius 3 is 2.50 bits per heavy atom. The third-order valence-corrected chi connectivity index (χ3v) is 7.07. The first-order valence-corrected chi connectivity index (χ1v) is 11.6. The summed E-state index contributed by atoms with van der Waals surface area (Å²) in [7, 11) is 0. The zero-order valence-corrected chi connectivity index (χ0v) is 26.8. The van der Waals surface area contributed by atoms with Gasteiger partial charge in [-0.15, -0.1) is 0 Å². The number of hydrogen-bond donors (Lipinski definition) is 2. The first-order valence-electron chi connectivity index (χ1n) is 11.6. The Labute approximate surface area is 251 Å². The molecule has 0 aliphatic heterocycles. The minimum atomic E-state index is -1.32. The van der Waals surface area contributed by atoms with E-state index in [-0.39, 0.29) is 105 Å². The van der Waals surface area contributed by atoms with Crippen LogP contribution in [0.25, 0.3) is 0 Å². The zero-order valence-electron chi connectivity index (χ0n) is 20.5. The monoisotopic (exact) mass is 568 g/mol. The molecule has 0 saturated carbocycles. The summed E-state index contributed by atoms with van der Waals surface area (Å²) < 4.78 is 6.09. The van der Waals surface area contributed by atoms with Gasteiger partial charge in [0.25, 0.3) is 0 Å². The largest absolute Gasteiger partial charge is 1.00 e. The molecule has 0 radical (unpaired) electrons. The molecule has 0 heterocycles. The summed E-state index contributed by atoms with van der Waals surface area (Å²) in [6, 6.07) is 0. The number of ether oxygens (including phenoxy) is 1. The fourth-order valence-electron chi connectivity index (χ4n) is 4.76. The maximum absolute atomic E-state index is 12.8. The minimum absolute atomic E-state index is 0. The summed E-state index contributed by atoms with van der Waals surface area (Å²) in [5, 5.41) is 30.8. The van der Waals surface area contributed by atoms with Crippen LogP contribution >= 0.6 is 0 Å². The van der Waals surface area contributed by atoms with Gasteiger partial charge in [-0.2, -0.15) is 0 Å². The number of carboxylic acids is 1. The van der Waals surface area contributed by atoms with E-state index in [2.05, 4.69) is 32.1 Å². The molecular weight excluding hydrogens is 529 g/mol. The van der Waals surface area contributed by atoms with E-state index < -0.39 is 30.0 Å². The van der Waals surface area contributed by atoms with Crippen LogP contribution in [0.1, 0.15) is 73.1 Å².